The van der Waals surface area contributed by atoms with Crippen LogP contribution in [0.3, 0.4) is 0 Å². The predicted molar refractivity (Wildman–Crippen MR) is 32.8 cm³/mol. The van der Waals surface area contributed by atoms with E-state index >= 15 is 0 Å². The number of hydrogen-bond donors (Lipinski definition) is 1. The SMILES string of the molecule is O=c1cc(CO)o[cH-]c1=O.[Na+]. The Morgan fingerprint density at radius 2 is 2.18 bits per heavy atom. The first-order chi connectivity index (χ1) is 4.74. The Kier molecular flexibility index (Phi) is 4.44. The molecule has 0 amide bonds. The van der Waals surface area contributed by atoms with Crippen LogP contribution in [0.5, 0.6) is 0 Å². The van der Waals surface area contributed by atoms with Crippen molar-refractivity contribution >= 4 is 0 Å². The van der Waals surface area contributed by atoms with Gasteiger partial charge in [-0.15, -0.1) is 0 Å². The Bertz CT molecular complexity index is 324. The van der Waals surface area contributed by atoms with E-state index in [1.54, 1.807) is 0 Å². The summed E-state index contributed by atoms with van der Waals surface area (Å²) in [6, 6.07) is 0.975. The summed E-state index contributed by atoms with van der Waals surface area (Å²) in [7, 11) is 0. The maximum Gasteiger partial charge on any atom is 1.00 e. The second-order valence-corrected chi connectivity index (χ2v) is 1.73. The van der Waals surface area contributed by atoms with Gasteiger partial charge in [0.15, 0.2) is 5.43 Å². The van der Waals surface area contributed by atoms with Gasteiger partial charge in [-0.1, -0.05) is 6.07 Å². The van der Waals surface area contributed by atoms with Crippen LogP contribution < -0.4 is 40.4 Å². The maximum absolute atomic E-state index is 10.5. The average molecular weight is 164 g/mol. The van der Waals surface area contributed by atoms with Gasteiger partial charge in [0.1, 0.15) is 5.43 Å². The third-order valence-electron chi connectivity index (χ3n) is 1.01. The van der Waals surface area contributed by atoms with Gasteiger partial charge < -0.3 is 19.1 Å². The third kappa shape index (κ3) is 2.67. The summed E-state index contributed by atoms with van der Waals surface area (Å²) in [4.78, 5) is 20.9. The topological polar surface area (TPSA) is 67.5 Å². The molecule has 54 valence electrons. The minimum Gasteiger partial charge on any atom is -0.577 e. The molecule has 0 spiro atoms. The molecule has 4 nitrogen and oxygen atoms in total. The van der Waals surface area contributed by atoms with Crippen molar-refractivity contribution in [3.05, 3.63) is 38.5 Å². The zero-order valence-electron chi connectivity index (χ0n) is 6.03. The molecule has 0 bridgehead atoms. The van der Waals surface area contributed by atoms with Gasteiger partial charge in [0.05, 0.1) is 6.61 Å². The number of hydrogen-bond acceptors (Lipinski definition) is 4. The number of aliphatic hydroxyl groups is 1. The summed E-state index contributed by atoms with van der Waals surface area (Å²) < 4.78 is 4.53. The second kappa shape index (κ2) is 4.56. The van der Waals surface area contributed by atoms with Gasteiger partial charge in [0.25, 0.3) is 0 Å². The maximum atomic E-state index is 10.5. The Labute approximate surface area is 84.1 Å². The van der Waals surface area contributed by atoms with Gasteiger partial charge in [-0.05, 0) is 0 Å². The molecule has 0 saturated heterocycles. The summed E-state index contributed by atoms with van der Waals surface area (Å²) in [6.45, 7) is -0.366. The van der Waals surface area contributed by atoms with E-state index in [1.165, 1.54) is 0 Å². The number of aliphatic hydroxyl groups excluding tert-OH is 1. The van der Waals surface area contributed by atoms with Crippen molar-refractivity contribution in [1.82, 2.24) is 0 Å². The van der Waals surface area contributed by atoms with E-state index < -0.39 is 10.9 Å². The summed E-state index contributed by atoms with van der Waals surface area (Å²) in [5.41, 5.74) is -1.35. The Morgan fingerprint density at radius 1 is 1.55 bits per heavy atom. The first-order valence-corrected chi connectivity index (χ1v) is 2.63. The molecular formula is C6H5NaO4. The molecule has 1 rings (SSSR count). The van der Waals surface area contributed by atoms with Gasteiger partial charge in [-0.3, -0.25) is 0 Å². The van der Waals surface area contributed by atoms with Crippen LogP contribution in [0.25, 0.3) is 0 Å². The molecule has 0 saturated carbocycles. The molecule has 0 radical (unpaired) electrons. The van der Waals surface area contributed by atoms with Crippen LogP contribution in [0.4, 0.5) is 0 Å². The Morgan fingerprint density at radius 3 is 2.64 bits per heavy atom. The Balaban J connectivity index is 0.000001000. The van der Waals surface area contributed by atoms with Crippen molar-refractivity contribution in [2.24, 2.45) is 0 Å². The molecule has 0 aliphatic carbocycles. The average Bonchev–Trinajstić information content (AvgIpc) is 1.95. The monoisotopic (exact) mass is 164 g/mol. The number of rotatable bonds is 1. The van der Waals surface area contributed by atoms with Crippen molar-refractivity contribution in [3.8, 4) is 0 Å². The van der Waals surface area contributed by atoms with E-state index in [0.717, 1.165) is 12.3 Å². The summed E-state index contributed by atoms with van der Waals surface area (Å²) >= 11 is 0. The fourth-order valence-corrected chi connectivity index (χ4v) is 0.522. The van der Waals surface area contributed by atoms with Crippen LogP contribution in [-0.2, 0) is 6.61 Å². The van der Waals surface area contributed by atoms with Crippen LogP contribution in [0, 0.1) is 0 Å². The van der Waals surface area contributed by atoms with E-state index in [4.69, 9.17) is 5.11 Å². The smallest absolute Gasteiger partial charge is 0.577 e. The van der Waals surface area contributed by atoms with Crippen LogP contribution in [0.15, 0.2) is 26.3 Å². The van der Waals surface area contributed by atoms with E-state index in [-0.39, 0.29) is 41.9 Å². The summed E-state index contributed by atoms with van der Waals surface area (Å²) in [5, 5.41) is 8.42. The molecule has 0 aliphatic heterocycles. The normalized spacial score (nSPS) is 8.82. The molecule has 1 N–H and O–H groups in total. The standard InChI is InChI=1S/C6H5O4.Na/c7-2-4-1-5(8)6(9)3-10-4;/h1,3,7H,2H2;/q-1;+1. The molecule has 5 heteroatoms. The largest absolute Gasteiger partial charge is 1.00 e. The first-order valence-electron chi connectivity index (χ1n) is 2.63. The fourth-order valence-electron chi connectivity index (χ4n) is 0.522. The molecule has 1 heterocycles. The van der Waals surface area contributed by atoms with Gasteiger partial charge >= 0.3 is 29.6 Å². The molecule has 0 fully saturated rings. The van der Waals surface area contributed by atoms with E-state index in [0.29, 0.717) is 0 Å². The van der Waals surface area contributed by atoms with Gasteiger partial charge in [0, 0.05) is 12.0 Å². The molecule has 0 aliphatic rings. The van der Waals surface area contributed by atoms with Gasteiger partial charge in [0.2, 0.25) is 0 Å². The second-order valence-electron chi connectivity index (χ2n) is 1.73. The third-order valence-corrected chi connectivity index (χ3v) is 1.01. The van der Waals surface area contributed by atoms with Crippen molar-refractivity contribution < 1.29 is 39.1 Å². The van der Waals surface area contributed by atoms with E-state index in [1.807, 2.05) is 0 Å². The molecule has 1 aromatic heterocycles. The van der Waals surface area contributed by atoms with Gasteiger partial charge in [-0.2, -0.15) is 0 Å². The molecule has 0 atom stereocenters. The van der Waals surface area contributed by atoms with Crippen molar-refractivity contribution in [2.45, 2.75) is 6.61 Å². The molecular weight excluding hydrogens is 159 g/mol. The van der Waals surface area contributed by atoms with Crippen molar-refractivity contribution in [2.75, 3.05) is 0 Å². The van der Waals surface area contributed by atoms with Crippen LogP contribution in [0.2, 0.25) is 0 Å². The molecule has 0 aromatic carbocycles. The quantitative estimate of drug-likeness (QED) is 0.263. The first kappa shape index (κ1) is 10.7. The van der Waals surface area contributed by atoms with Crippen molar-refractivity contribution in [3.63, 3.8) is 0 Å². The van der Waals surface area contributed by atoms with Crippen LogP contribution >= 0.6 is 0 Å². The van der Waals surface area contributed by atoms with Gasteiger partial charge in [-0.25, -0.2) is 0 Å². The Hall–Kier alpha value is -0.290. The fraction of sp³-hybridized carbons (Fsp3) is 0.167. The molecule has 11 heavy (non-hydrogen) atoms. The minimum absolute atomic E-state index is 0. The predicted octanol–water partition coefficient (Wildman–Crippen LogP) is -3.78. The molecule has 0 unspecified atom stereocenters. The zero-order chi connectivity index (χ0) is 7.56. The van der Waals surface area contributed by atoms with E-state index in [2.05, 4.69) is 4.42 Å². The van der Waals surface area contributed by atoms with Crippen LogP contribution in [0.1, 0.15) is 5.76 Å². The molecule has 1 aromatic rings. The summed E-state index contributed by atoms with van der Waals surface area (Å²) in [6.07, 6.45) is 0.786. The summed E-state index contributed by atoms with van der Waals surface area (Å²) in [5.74, 6) is 0.101. The minimum atomic E-state index is -0.697. The van der Waals surface area contributed by atoms with E-state index in [9.17, 15) is 9.59 Å². The van der Waals surface area contributed by atoms with Crippen molar-refractivity contribution in [1.29, 1.82) is 0 Å². The zero-order valence-corrected chi connectivity index (χ0v) is 8.03. The van der Waals surface area contributed by atoms with Crippen LogP contribution in [-0.4, -0.2) is 5.11 Å².